The fourth-order valence-corrected chi connectivity index (χ4v) is 1.13. The lowest BCUT2D eigenvalue weighted by atomic mass is 10.1. The summed E-state index contributed by atoms with van der Waals surface area (Å²) in [5.41, 5.74) is -0.0948. The van der Waals surface area contributed by atoms with Gasteiger partial charge in [0, 0.05) is 18.0 Å². The Kier molecular flexibility index (Phi) is 3.15. The van der Waals surface area contributed by atoms with Crippen LogP contribution in [-0.2, 0) is 5.88 Å². The minimum atomic E-state index is -2.69. The molecule has 1 heterocycles. The molecule has 0 radical (unpaired) electrons. The number of pyridine rings is 1. The molecule has 0 N–H and O–H groups in total. The fourth-order valence-electron chi connectivity index (χ4n) is 0.925. The molecule has 0 aliphatic heterocycles. The lowest BCUT2D eigenvalue weighted by molar-refractivity contribution is 0.150. The van der Waals surface area contributed by atoms with Crippen molar-refractivity contribution < 1.29 is 8.78 Å². The summed E-state index contributed by atoms with van der Waals surface area (Å²) in [6, 6.07) is 1.69. The molecule has 0 aromatic carbocycles. The highest BCUT2D eigenvalue weighted by molar-refractivity contribution is 6.17. The van der Waals surface area contributed by atoms with Crippen LogP contribution < -0.4 is 0 Å². The van der Waals surface area contributed by atoms with Gasteiger partial charge in [0.25, 0.3) is 6.43 Å². The molecule has 0 saturated heterocycles. The van der Waals surface area contributed by atoms with Gasteiger partial charge in [0.15, 0.2) is 0 Å². The first-order valence-electron chi connectivity index (χ1n) is 3.41. The Morgan fingerprint density at radius 3 is 2.69 bits per heavy atom. The average molecular weight is 203 g/mol. The summed E-state index contributed by atoms with van der Waals surface area (Å²) in [4.78, 5) is 3.57. The van der Waals surface area contributed by atoms with Gasteiger partial charge >= 0.3 is 0 Å². The van der Waals surface area contributed by atoms with Gasteiger partial charge in [0.2, 0.25) is 0 Å². The standard InChI is InChI=1S/C8H5ClF2N2/c9-1-5-3-13-4-7(8(10)11)6(5)2-12/h3-4,8H,1H2. The Hall–Kier alpha value is -1.21. The van der Waals surface area contributed by atoms with Crippen molar-refractivity contribution in [1.82, 2.24) is 4.98 Å². The SMILES string of the molecule is N#Cc1c(CCl)cncc1C(F)F. The lowest BCUT2D eigenvalue weighted by Crippen LogP contribution is -1.96. The highest BCUT2D eigenvalue weighted by atomic mass is 35.5. The molecule has 0 saturated carbocycles. The van der Waals surface area contributed by atoms with Crippen LogP contribution in [0.4, 0.5) is 8.78 Å². The van der Waals surface area contributed by atoms with Crippen molar-refractivity contribution in [2.45, 2.75) is 12.3 Å². The lowest BCUT2D eigenvalue weighted by Gasteiger charge is -2.04. The van der Waals surface area contributed by atoms with Crippen LogP contribution in [0.15, 0.2) is 12.4 Å². The van der Waals surface area contributed by atoms with Crippen LogP contribution in [0, 0.1) is 11.3 Å². The normalized spacial score (nSPS) is 10.1. The van der Waals surface area contributed by atoms with Crippen molar-refractivity contribution in [2.24, 2.45) is 0 Å². The van der Waals surface area contributed by atoms with Crippen molar-refractivity contribution in [3.8, 4) is 6.07 Å². The average Bonchev–Trinajstić information content (AvgIpc) is 2.16. The van der Waals surface area contributed by atoms with E-state index in [4.69, 9.17) is 16.9 Å². The molecule has 0 bridgehead atoms. The minimum Gasteiger partial charge on any atom is -0.264 e. The maximum absolute atomic E-state index is 12.3. The summed E-state index contributed by atoms with van der Waals surface area (Å²) in [6.45, 7) is 0. The van der Waals surface area contributed by atoms with Gasteiger partial charge in [0.1, 0.15) is 6.07 Å². The molecule has 13 heavy (non-hydrogen) atoms. The van der Waals surface area contributed by atoms with Crippen LogP contribution in [0.5, 0.6) is 0 Å². The topological polar surface area (TPSA) is 36.7 Å². The third-order valence-corrected chi connectivity index (χ3v) is 1.83. The zero-order valence-corrected chi connectivity index (χ0v) is 7.22. The van der Waals surface area contributed by atoms with Crippen LogP contribution in [0.1, 0.15) is 23.1 Å². The Balaban J connectivity index is 3.29. The molecular weight excluding hydrogens is 198 g/mol. The molecule has 0 fully saturated rings. The molecule has 5 heteroatoms. The number of nitriles is 1. The molecular formula is C8H5ClF2N2. The van der Waals surface area contributed by atoms with Crippen LogP contribution >= 0.6 is 11.6 Å². The Bertz CT molecular complexity index is 346. The van der Waals surface area contributed by atoms with Crippen LogP contribution in [0.2, 0.25) is 0 Å². The number of halogens is 3. The van der Waals surface area contributed by atoms with Crippen molar-refractivity contribution in [2.75, 3.05) is 0 Å². The molecule has 1 aromatic rings. The van der Waals surface area contributed by atoms with Gasteiger partial charge in [-0.15, -0.1) is 11.6 Å². The number of alkyl halides is 3. The summed E-state index contributed by atoms with van der Waals surface area (Å²) >= 11 is 5.45. The van der Waals surface area contributed by atoms with Crippen molar-refractivity contribution in [3.05, 3.63) is 29.1 Å². The first kappa shape index (κ1) is 9.87. The summed E-state index contributed by atoms with van der Waals surface area (Å²) < 4.78 is 24.6. The molecule has 1 aromatic heterocycles. The van der Waals surface area contributed by atoms with E-state index in [9.17, 15) is 8.78 Å². The van der Waals surface area contributed by atoms with Crippen molar-refractivity contribution in [3.63, 3.8) is 0 Å². The summed E-state index contributed by atoms with van der Waals surface area (Å²) in [5.74, 6) is 0.0104. The zero-order chi connectivity index (χ0) is 9.84. The Labute approximate surface area is 78.8 Å². The minimum absolute atomic E-state index is 0.0104. The quantitative estimate of drug-likeness (QED) is 0.692. The Morgan fingerprint density at radius 2 is 2.23 bits per heavy atom. The highest BCUT2D eigenvalue weighted by Crippen LogP contribution is 2.24. The number of hydrogen-bond donors (Lipinski definition) is 0. The van der Waals surface area contributed by atoms with Crippen molar-refractivity contribution in [1.29, 1.82) is 5.26 Å². The van der Waals surface area contributed by atoms with Gasteiger partial charge in [0.05, 0.1) is 17.0 Å². The third-order valence-electron chi connectivity index (χ3n) is 1.54. The molecule has 0 aliphatic rings. The molecule has 0 amide bonds. The predicted molar refractivity (Wildman–Crippen MR) is 43.5 cm³/mol. The predicted octanol–water partition coefficient (Wildman–Crippen LogP) is 2.63. The second-order valence-corrected chi connectivity index (χ2v) is 2.58. The number of aromatic nitrogens is 1. The van der Waals surface area contributed by atoms with E-state index < -0.39 is 6.43 Å². The molecule has 0 spiro atoms. The van der Waals surface area contributed by atoms with E-state index in [0.29, 0.717) is 5.56 Å². The zero-order valence-electron chi connectivity index (χ0n) is 6.47. The molecule has 0 atom stereocenters. The maximum atomic E-state index is 12.3. The van der Waals surface area contributed by atoms with Gasteiger partial charge < -0.3 is 0 Å². The second kappa shape index (κ2) is 4.15. The smallest absolute Gasteiger partial charge is 0.264 e. The molecule has 68 valence electrons. The third kappa shape index (κ3) is 1.93. The van der Waals surface area contributed by atoms with Gasteiger partial charge in [-0.25, -0.2) is 8.78 Å². The molecule has 0 aliphatic carbocycles. The van der Waals surface area contributed by atoms with Gasteiger partial charge in [-0.05, 0) is 0 Å². The van der Waals surface area contributed by atoms with E-state index in [1.807, 2.05) is 0 Å². The molecule has 1 rings (SSSR count). The Morgan fingerprint density at radius 1 is 1.54 bits per heavy atom. The van der Waals surface area contributed by atoms with Gasteiger partial charge in [-0.2, -0.15) is 5.26 Å². The van der Waals surface area contributed by atoms with E-state index >= 15 is 0 Å². The summed E-state index contributed by atoms with van der Waals surface area (Å²) in [6.07, 6.45) is -0.387. The number of hydrogen-bond acceptors (Lipinski definition) is 2. The largest absolute Gasteiger partial charge is 0.266 e. The van der Waals surface area contributed by atoms with Gasteiger partial charge in [-0.3, -0.25) is 4.98 Å². The highest BCUT2D eigenvalue weighted by Gasteiger charge is 2.15. The van der Waals surface area contributed by atoms with E-state index in [0.717, 1.165) is 6.20 Å². The van der Waals surface area contributed by atoms with E-state index in [-0.39, 0.29) is 17.0 Å². The fraction of sp³-hybridized carbons (Fsp3) is 0.250. The van der Waals surface area contributed by atoms with E-state index in [1.54, 1.807) is 6.07 Å². The van der Waals surface area contributed by atoms with Crippen LogP contribution in [0.3, 0.4) is 0 Å². The number of rotatable bonds is 2. The van der Waals surface area contributed by atoms with Gasteiger partial charge in [-0.1, -0.05) is 0 Å². The molecule has 2 nitrogen and oxygen atoms in total. The first-order valence-corrected chi connectivity index (χ1v) is 3.95. The summed E-state index contributed by atoms with van der Waals surface area (Å²) in [5, 5.41) is 8.61. The van der Waals surface area contributed by atoms with E-state index in [1.165, 1.54) is 6.20 Å². The van der Waals surface area contributed by atoms with Crippen LogP contribution in [-0.4, -0.2) is 4.98 Å². The second-order valence-electron chi connectivity index (χ2n) is 2.31. The van der Waals surface area contributed by atoms with Crippen molar-refractivity contribution >= 4 is 11.6 Å². The maximum Gasteiger partial charge on any atom is 0.266 e. The monoisotopic (exact) mass is 202 g/mol. The van der Waals surface area contributed by atoms with Crippen LogP contribution in [0.25, 0.3) is 0 Å². The summed E-state index contributed by atoms with van der Waals surface area (Å²) in [7, 11) is 0. The number of nitrogens with zero attached hydrogens (tertiary/aromatic N) is 2. The molecule has 0 unspecified atom stereocenters. The van der Waals surface area contributed by atoms with E-state index in [2.05, 4.69) is 4.98 Å². The first-order chi connectivity index (χ1) is 6.20.